The number of likely N-dealkylation sites (N-methyl/N-ethyl adjacent to an activating group) is 1. The van der Waals surface area contributed by atoms with Gasteiger partial charge in [0.15, 0.2) is 6.61 Å². The lowest BCUT2D eigenvalue weighted by atomic mass is 10.0. The first-order chi connectivity index (χ1) is 16.4. The number of carbonyl (C=O) groups is 2. The highest BCUT2D eigenvalue weighted by atomic mass is 79.9. The molecule has 2 amide bonds. The normalized spacial score (nSPS) is 11.5. The first-order valence-corrected chi connectivity index (χ1v) is 12.4. The zero-order valence-electron chi connectivity index (χ0n) is 18.6. The van der Waals surface area contributed by atoms with Crippen LogP contribution in [0.25, 0.3) is 0 Å². The number of hydrogen-bond acceptors (Lipinski definition) is 3. The van der Waals surface area contributed by atoms with Crippen LogP contribution in [0.15, 0.2) is 77.3 Å². The topological polar surface area (TPSA) is 58.6 Å². The summed E-state index contributed by atoms with van der Waals surface area (Å²) < 4.78 is 6.64. The molecule has 0 heterocycles. The van der Waals surface area contributed by atoms with E-state index in [0.29, 0.717) is 28.8 Å². The Morgan fingerprint density at radius 2 is 1.71 bits per heavy atom. The van der Waals surface area contributed by atoms with Crippen molar-refractivity contribution in [2.75, 3.05) is 13.2 Å². The molecule has 0 fully saturated rings. The van der Waals surface area contributed by atoms with E-state index < -0.39 is 6.04 Å². The summed E-state index contributed by atoms with van der Waals surface area (Å²) in [6, 6.07) is 21.3. The summed E-state index contributed by atoms with van der Waals surface area (Å²) >= 11 is 15.6. The third-order valence-electron chi connectivity index (χ3n) is 5.13. The molecule has 8 heteroatoms. The average molecular weight is 564 g/mol. The van der Waals surface area contributed by atoms with E-state index in [1.165, 1.54) is 0 Å². The molecule has 0 aliphatic carbocycles. The minimum Gasteiger partial charge on any atom is -0.482 e. The van der Waals surface area contributed by atoms with E-state index in [0.717, 1.165) is 15.6 Å². The quantitative estimate of drug-likeness (QED) is 0.333. The van der Waals surface area contributed by atoms with E-state index in [4.69, 9.17) is 27.9 Å². The summed E-state index contributed by atoms with van der Waals surface area (Å²) in [5, 5.41) is 3.65. The second-order valence-electron chi connectivity index (χ2n) is 7.61. The second-order valence-corrected chi connectivity index (χ2v) is 9.37. The SMILES string of the molecule is CCNC(=O)[C@@H](Cc1ccccc1)N(Cc1ccc(Br)cc1)C(=O)COc1ccc(Cl)cc1Cl. The van der Waals surface area contributed by atoms with Gasteiger partial charge in [0, 0.05) is 29.0 Å². The number of benzene rings is 3. The maximum absolute atomic E-state index is 13.4. The minimum atomic E-state index is -0.720. The van der Waals surface area contributed by atoms with Crippen LogP contribution in [0.2, 0.25) is 10.0 Å². The maximum Gasteiger partial charge on any atom is 0.261 e. The van der Waals surface area contributed by atoms with Gasteiger partial charge in [-0.15, -0.1) is 0 Å². The van der Waals surface area contributed by atoms with Crippen LogP contribution in [-0.4, -0.2) is 35.9 Å². The summed E-state index contributed by atoms with van der Waals surface area (Å²) in [7, 11) is 0. The lowest BCUT2D eigenvalue weighted by molar-refractivity contribution is -0.142. The monoisotopic (exact) mass is 562 g/mol. The van der Waals surface area contributed by atoms with Gasteiger partial charge in [0.1, 0.15) is 11.8 Å². The van der Waals surface area contributed by atoms with Crippen LogP contribution < -0.4 is 10.1 Å². The van der Waals surface area contributed by atoms with Crippen molar-refractivity contribution in [1.29, 1.82) is 0 Å². The Bertz CT molecular complexity index is 1110. The predicted octanol–water partition coefficient (Wildman–Crippen LogP) is 5.91. The molecule has 34 heavy (non-hydrogen) atoms. The van der Waals surface area contributed by atoms with E-state index in [9.17, 15) is 9.59 Å². The minimum absolute atomic E-state index is 0.221. The largest absolute Gasteiger partial charge is 0.482 e. The van der Waals surface area contributed by atoms with Gasteiger partial charge in [0.05, 0.1) is 5.02 Å². The van der Waals surface area contributed by atoms with Gasteiger partial charge in [-0.3, -0.25) is 9.59 Å². The van der Waals surface area contributed by atoms with Gasteiger partial charge in [0.25, 0.3) is 5.91 Å². The van der Waals surface area contributed by atoms with Crippen molar-refractivity contribution in [3.05, 3.63) is 98.4 Å². The second kappa shape index (κ2) is 12.8. The fourth-order valence-corrected chi connectivity index (χ4v) is 4.17. The number of ether oxygens (including phenoxy) is 1. The smallest absolute Gasteiger partial charge is 0.261 e. The summed E-state index contributed by atoms with van der Waals surface area (Å²) in [6.07, 6.45) is 0.372. The maximum atomic E-state index is 13.4. The van der Waals surface area contributed by atoms with Gasteiger partial charge in [-0.2, -0.15) is 0 Å². The van der Waals surface area contributed by atoms with Crippen LogP contribution in [0.4, 0.5) is 0 Å². The van der Waals surface area contributed by atoms with Crippen molar-refractivity contribution in [3.8, 4) is 5.75 Å². The van der Waals surface area contributed by atoms with Gasteiger partial charge in [-0.25, -0.2) is 0 Å². The van der Waals surface area contributed by atoms with E-state index in [1.54, 1.807) is 23.1 Å². The highest BCUT2D eigenvalue weighted by Gasteiger charge is 2.30. The van der Waals surface area contributed by atoms with Crippen molar-refractivity contribution in [1.82, 2.24) is 10.2 Å². The van der Waals surface area contributed by atoms with Gasteiger partial charge in [-0.1, -0.05) is 81.6 Å². The zero-order chi connectivity index (χ0) is 24.5. The fourth-order valence-electron chi connectivity index (χ4n) is 3.45. The van der Waals surface area contributed by atoms with E-state index in [1.807, 2.05) is 61.5 Å². The average Bonchev–Trinajstić information content (AvgIpc) is 2.82. The number of hydrogen-bond donors (Lipinski definition) is 1. The Hall–Kier alpha value is -2.54. The van der Waals surface area contributed by atoms with Crippen LogP contribution in [0, 0.1) is 0 Å². The first kappa shape index (κ1) is 26.1. The molecule has 0 saturated heterocycles. The standard InChI is InChI=1S/C26H25BrCl2N2O3/c1-2-30-26(33)23(14-18-6-4-3-5-7-18)31(16-19-8-10-20(27)11-9-19)25(32)17-34-24-13-12-21(28)15-22(24)29/h3-13,15,23H,2,14,16-17H2,1H3,(H,30,33)/t23-/m1/s1. The van der Waals surface area contributed by atoms with E-state index >= 15 is 0 Å². The molecule has 0 spiro atoms. The molecule has 0 radical (unpaired) electrons. The molecule has 178 valence electrons. The predicted molar refractivity (Wildman–Crippen MR) is 139 cm³/mol. The zero-order valence-corrected chi connectivity index (χ0v) is 21.7. The van der Waals surface area contributed by atoms with Crippen LogP contribution in [0.1, 0.15) is 18.1 Å². The van der Waals surface area contributed by atoms with Gasteiger partial charge in [-0.05, 0) is 48.4 Å². The molecular weight excluding hydrogens is 539 g/mol. The summed E-state index contributed by atoms with van der Waals surface area (Å²) in [6.45, 7) is 2.28. The van der Waals surface area contributed by atoms with Crippen LogP contribution in [-0.2, 0) is 22.6 Å². The molecule has 0 aliphatic rings. The lowest BCUT2D eigenvalue weighted by Gasteiger charge is -2.31. The van der Waals surface area contributed by atoms with Crippen LogP contribution >= 0.6 is 39.1 Å². The molecule has 0 aromatic heterocycles. The Morgan fingerprint density at radius 1 is 1.00 bits per heavy atom. The molecule has 3 rings (SSSR count). The van der Waals surface area contributed by atoms with Gasteiger partial charge in [0.2, 0.25) is 5.91 Å². The van der Waals surface area contributed by atoms with Crippen LogP contribution in [0.5, 0.6) is 5.75 Å². The Balaban J connectivity index is 1.89. The molecule has 1 N–H and O–H groups in total. The van der Waals surface area contributed by atoms with Crippen molar-refractivity contribution < 1.29 is 14.3 Å². The Kier molecular flexibility index (Phi) is 9.81. The number of amides is 2. The van der Waals surface area contributed by atoms with Gasteiger partial charge < -0.3 is 15.0 Å². The van der Waals surface area contributed by atoms with Crippen molar-refractivity contribution >= 4 is 50.9 Å². The molecule has 3 aromatic carbocycles. The highest BCUT2D eigenvalue weighted by Crippen LogP contribution is 2.27. The van der Waals surface area contributed by atoms with Crippen LogP contribution in [0.3, 0.4) is 0 Å². The number of carbonyl (C=O) groups excluding carboxylic acids is 2. The van der Waals surface area contributed by atoms with E-state index in [2.05, 4.69) is 21.2 Å². The molecule has 0 aliphatic heterocycles. The Morgan fingerprint density at radius 3 is 2.35 bits per heavy atom. The lowest BCUT2D eigenvalue weighted by Crippen LogP contribution is -2.51. The summed E-state index contributed by atoms with van der Waals surface area (Å²) in [5.74, 6) is -0.205. The first-order valence-electron chi connectivity index (χ1n) is 10.8. The number of halogens is 3. The third-order valence-corrected chi connectivity index (χ3v) is 6.19. The summed E-state index contributed by atoms with van der Waals surface area (Å²) in [5.41, 5.74) is 1.84. The van der Waals surface area contributed by atoms with E-state index in [-0.39, 0.29) is 25.0 Å². The van der Waals surface area contributed by atoms with Gasteiger partial charge >= 0.3 is 0 Å². The molecule has 1 atom stereocenters. The molecule has 0 unspecified atom stereocenters. The third kappa shape index (κ3) is 7.49. The highest BCUT2D eigenvalue weighted by molar-refractivity contribution is 9.10. The fraction of sp³-hybridized carbons (Fsp3) is 0.231. The van der Waals surface area contributed by atoms with Crippen molar-refractivity contribution in [3.63, 3.8) is 0 Å². The molecule has 0 saturated carbocycles. The Labute approximate surface area is 218 Å². The molecular formula is C26H25BrCl2N2O3. The summed E-state index contributed by atoms with van der Waals surface area (Å²) in [4.78, 5) is 28.1. The molecule has 3 aromatic rings. The van der Waals surface area contributed by atoms with Crippen molar-refractivity contribution in [2.24, 2.45) is 0 Å². The number of nitrogens with zero attached hydrogens (tertiary/aromatic N) is 1. The molecule has 0 bridgehead atoms. The van der Waals surface area contributed by atoms with Crippen molar-refractivity contribution in [2.45, 2.75) is 25.9 Å². The number of rotatable bonds is 10. The number of nitrogens with one attached hydrogen (secondary N) is 1. The molecule has 5 nitrogen and oxygen atoms in total.